The van der Waals surface area contributed by atoms with Gasteiger partial charge in [0, 0.05) is 9.64 Å². The molecule has 0 unspecified atom stereocenters. The highest BCUT2D eigenvalue weighted by Crippen LogP contribution is 2.35. The summed E-state index contributed by atoms with van der Waals surface area (Å²) in [5.41, 5.74) is 0.206. The van der Waals surface area contributed by atoms with E-state index >= 15 is 0 Å². The molecule has 0 N–H and O–H groups in total. The van der Waals surface area contributed by atoms with Crippen molar-refractivity contribution in [1.29, 1.82) is 0 Å². The quantitative estimate of drug-likeness (QED) is 0.561. The number of benzene rings is 1. The Morgan fingerprint density at radius 2 is 1.93 bits per heavy atom. The van der Waals surface area contributed by atoms with Gasteiger partial charge in [-0.1, -0.05) is 26.8 Å². The summed E-state index contributed by atoms with van der Waals surface area (Å²) in [7, 11) is 0. The summed E-state index contributed by atoms with van der Waals surface area (Å²) < 4.78 is 13.4. The van der Waals surface area contributed by atoms with Crippen LogP contribution in [0.5, 0.6) is 0 Å². The van der Waals surface area contributed by atoms with Crippen molar-refractivity contribution < 1.29 is 9.18 Å². The number of thioether (sulfide) groups is 1. The molecule has 1 aromatic rings. The van der Waals surface area contributed by atoms with Crippen molar-refractivity contribution in [3.8, 4) is 0 Å². The monoisotopic (exact) mass is 226 g/mol. The van der Waals surface area contributed by atoms with Crippen molar-refractivity contribution in [3.05, 3.63) is 29.6 Å². The fraction of sp³-hybridized carbons (Fsp3) is 0.417. The summed E-state index contributed by atoms with van der Waals surface area (Å²) in [6.07, 6.45) is 0. The second kappa shape index (κ2) is 4.35. The van der Waals surface area contributed by atoms with Crippen molar-refractivity contribution in [1.82, 2.24) is 0 Å². The number of hydrogen-bond donors (Lipinski definition) is 0. The zero-order chi connectivity index (χ0) is 11.6. The highest BCUT2D eigenvalue weighted by Gasteiger charge is 2.19. The summed E-state index contributed by atoms with van der Waals surface area (Å²) in [6, 6.07) is 4.75. The van der Waals surface area contributed by atoms with Crippen LogP contribution in [0.1, 0.15) is 38.1 Å². The van der Waals surface area contributed by atoms with Crippen LogP contribution in [-0.4, -0.2) is 10.5 Å². The lowest BCUT2D eigenvalue weighted by Crippen LogP contribution is -2.09. The SMILES string of the molecule is CC(=O)c1c(F)cccc1SC(C)(C)C. The van der Waals surface area contributed by atoms with Gasteiger partial charge in [0.15, 0.2) is 5.78 Å². The summed E-state index contributed by atoms with van der Waals surface area (Å²) in [5.74, 6) is -0.656. The van der Waals surface area contributed by atoms with E-state index in [1.165, 1.54) is 24.8 Å². The van der Waals surface area contributed by atoms with Gasteiger partial charge in [-0.3, -0.25) is 4.79 Å². The third-order valence-electron chi connectivity index (χ3n) is 1.74. The van der Waals surface area contributed by atoms with Crippen molar-refractivity contribution in [2.45, 2.75) is 37.3 Å². The molecular weight excluding hydrogens is 211 g/mol. The predicted molar refractivity (Wildman–Crippen MR) is 62.0 cm³/mol. The Balaban J connectivity index is 3.18. The van der Waals surface area contributed by atoms with Crippen LogP contribution < -0.4 is 0 Å². The number of halogens is 1. The number of carbonyl (C=O) groups is 1. The van der Waals surface area contributed by atoms with E-state index in [1.54, 1.807) is 12.1 Å². The molecule has 0 saturated carbocycles. The fourth-order valence-corrected chi connectivity index (χ4v) is 2.41. The van der Waals surface area contributed by atoms with E-state index in [1.807, 2.05) is 20.8 Å². The van der Waals surface area contributed by atoms with Crippen molar-refractivity contribution in [3.63, 3.8) is 0 Å². The molecule has 15 heavy (non-hydrogen) atoms. The summed E-state index contributed by atoms with van der Waals surface area (Å²) in [4.78, 5) is 12.0. The lowest BCUT2D eigenvalue weighted by Gasteiger charge is -2.19. The Bertz CT molecular complexity index is 380. The molecular formula is C12H15FOS. The first kappa shape index (κ1) is 12.2. The fourth-order valence-electron chi connectivity index (χ4n) is 1.26. The number of ketones is 1. The molecule has 1 aromatic carbocycles. The summed E-state index contributed by atoms with van der Waals surface area (Å²) in [6.45, 7) is 7.50. The Hall–Kier alpha value is -0.830. The Morgan fingerprint density at radius 1 is 1.33 bits per heavy atom. The first-order valence-corrected chi connectivity index (χ1v) is 5.61. The molecule has 0 saturated heterocycles. The van der Waals surface area contributed by atoms with Crippen LogP contribution in [0.3, 0.4) is 0 Å². The molecule has 0 aliphatic rings. The molecule has 0 bridgehead atoms. The standard InChI is InChI=1S/C12H15FOS/c1-8(14)11-9(13)6-5-7-10(11)15-12(2,3)4/h5-7H,1-4H3. The molecule has 0 amide bonds. The number of Topliss-reactive ketones (excluding diaryl/α,β-unsaturated/α-hetero) is 1. The van der Waals surface area contributed by atoms with E-state index in [2.05, 4.69) is 0 Å². The van der Waals surface area contributed by atoms with Gasteiger partial charge in [0.2, 0.25) is 0 Å². The van der Waals surface area contributed by atoms with Gasteiger partial charge in [0.1, 0.15) is 5.82 Å². The van der Waals surface area contributed by atoms with Gasteiger partial charge in [0.05, 0.1) is 5.56 Å². The maximum atomic E-state index is 13.4. The van der Waals surface area contributed by atoms with E-state index in [0.717, 1.165) is 4.90 Å². The first-order valence-electron chi connectivity index (χ1n) is 4.80. The molecule has 0 heterocycles. The molecule has 0 fully saturated rings. The minimum absolute atomic E-state index is 0.0298. The minimum atomic E-state index is -0.434. The Labute approximate surface area is 94.1 Å². The van der Waals surface area contributed by atoms with Crippen molar-refractivity contribution in [2.24, 2.45) is 0 Å². The normalized spacial score (nSPS) is 11.5. The molecule has 3 heteroatoms. The largest absolute Gasteiger partial charge is 0.294 e. The molecule has 1 nitrogen and oxygen atoms in total. The van der Waals surface area contributed by atoms with Gasteiger partial charge in [-0.05, 0) is 19.1 Å². The minimum Gasteiger partial charge on any atom is -0.294 e. The average molecular weight is 226 g/mol. The van der Waals surface area contributed by atoms with Crippen LogP contribution in [0, 0.1) is 5.82 Å². The van der Waals surface area contributed by atoms with Crippen molar-refractivity contribution in [2.75, 3.05) is 0 Å². The van der Waals surface area contributed by atoms with Gasteiger partial charge in [-0.2, -0.15) is 0 Å². The molecule has 0 radical (unpaired) electrons. The van der Waals surface area contributed by atoms with Crippen LogP contribution in [0.4, 0.5) is 4.39 Å². The molecule has 82 valence electrons. The van der Waals surface area contributed by atoms with E-state index in [4.69, 9.17) is 0 Å². The van der Waals surface area contributed by atoms with Gasteiger partial charge < -0.3 is 0 Å². The second-order valence-corrected chi connectivity index (χ2v) is 6.25. The van der Waals surface area contributed by atoms with Crippen LogP contribution in [-0.2, 0) is 0 Å². The van der Waals surface area contributed by atoms with E-state index in [0.29, 0.717) is 0 Å². The van der Waals surface area contributed by atoms with Crippen LogP contribution in [0.15, 0.2) is 23.1 Å². The lowest BCUT2D eigenvalue weighted by atomic mass is 10.1. The van der Waals surface area contributed by atoms with E-state index < -0.39 is 5.82 Å². The predicted octanol–water partition coefficient (Wildman–Crippen LogP) is 3.92. The van der Waals surface area contributed by atoms with Crippen molar-refractivity contribution >= 4 is 17.5 Å². The number of carbonyl (C=O) groups excluding carboxylic acids is 1. The molecule has 0 atom stereocenters. The van der Waals surface area contributed by atoms with Gasteiger partial charge >= 0.3 is 0 Å². The molecule has 0 spiro atoms. The van der Waals surface area contributed by atoms with E-state index in [9.17, 15) is 9.18 Å². The molecule has 0 aliphatic heterocycles. The average Bonchev–Trinajstić information content (AvgIpc) is 1.99. The van der Waals surface area contributed by atoms with Gasteiger partial charge in [-0.15, -0.1) is 11.8 Å². The highest BCUT2D eigenvalue weighted by molar-refractivity contribution is 8.00. The molecule has 0 aliphatic carbocycles. The maximum Gasteiger partial charge on any atom is 0.163 e. The van der Waals surface area contributed by atoms with E-state index in [-0.39, 0.29) is 16.1 Å². The molecule has 0 aromatic heterocycles. The maximum absolute atomic E-state index is 13.4. The first-order chi connectivity index (χ1) is 6.81. The third kappa shape index (κ3) is 3.34. The Kier molecular flexibility index (Phi) is 3.55. The Morgan fingerprint density at radius 3 is 2.40 bits per heavy atom. The lowest BCUT2D eigenvalue weighted by molar-refractivity contribution is 0.101. The van der Waals surface area contributed by atoms with Crippen LogP contribution in [0.25, 0.3) is 0 Å². The topological polar surface area (TPSA) is 17.1 Å². The van der Waals surface area contributed by atoms with Crippen LogP contribution >= 0.6 is 11.8 Å². The third-order valence-corrected chi connectivity index (χ3v) is 2.92. The zero-order valence-electron chi connectivity index (χ0n) is 9.43. The van der Waals surface area contributed by atoms with Crippen LogP contribution in [0.2, 0.25) is 0 Å². The highest BCUT2D eigenvalue weighted by atomic mass is 32.2. The smallest absolute Gasteiger partial charge is 0.163 e. The van der Waals surface area contributed by atoms with Gasteiger partial charge in [-0.25, -0.2) is 4.39 Å². The second-order valence-electron chi connectivity index (χ2n) is 4.38. The van der Waals surface area contributed by atoms with Gasteiger partial charge in [0.25, 0.3) is 0 Å². The molecule has 1 rings (SSSR count). The summed E-state index contributed by atoms with van der Waals surface area (Å²) >= 11 is 1.51. The number of rotatable bonds is 2. The summed E-state index contributed by atoms with van der Waals surface area (Å²) in [5, 5.41) is 0. The zero-order valence-corrected chi connectivity index (χ0v) is 10.2. The number of hydrogen-bond acceptors (Lipinski definition) is 2.